The number of anilines is 1. The molecule has 0 bridgehead atoms. The largest absolute Gasteiger partial charge is 0.336 e. The summed E-state index contributed by atoms with van der Waals surface area (Å²) in [5.74, 6) is 0.481. The number of hydrogen-bond donors (Lipinski definition) is 0. The van der Waals surface area contributed by atoms with Gasteiger partial charge in [0.2, 0.25) is 16.0 Å². The van der Waals surface area contributed by atoms with Crippen molar-refractivity contribution >= 4 is 21.9 Å². The Bertz CT molecular complexity index is 1300. The molecule has 1 amide bonds. The van der Waals surface area contributed by atoms with Crippen molar-refractivity contribution in [2.45, 2.75) is 31.1 Å². The minimum absolute atomic E-state index is 0.152. The summed E-state index contributed by atoms with van der Waals surface area (Å²) >= 11 is 0. The Hall–Kier alpha value is -3.31. The zero-order chi connectivity index (χ0) is 24.4. The molecular weight excluding hydrogens is 466 g/mol. The first-order chi connectivity index (χ1) is 16.9. The maximum absolute atomic E-state index is 13.4. The molecule has 3 heterocycles. The fourth-order valence-corrected chi connectivity index (χ4v) is 6.19. The summed E-state index contributed by atoms with van der Waals surface area (Å²) < 4.78 is 29.5. The van der Waals surface area contributed by atoms with E-state index in [0.29, 0.717) is 50.8 Å². The molecular formula is C24H29N7O3S. The van der Waals surface area contributed by atoms with E-state index in [2.05, 4.69) is 20.4 Å². The summed E-state index contributed by atoms with van der Waals surface area (Å²) in [6, 6.07) is 14.6. The lowest BCUT2D eigenvalue weighted by molar-refractivity contribution is 0.0745. The predicted molar refractivity (Wildman–Crippen MR) is 131 cm³/mol. The average Bonchev–Trinajstić information content (AvgIpc) is 3.40. The summed E-state index contributed by atoms with van der Waals surface area (Å²) in [6.07, 6.45) is 2.79. The van der Waals surface area contributed by atoms with Gasteiger partial charge in [-0.2, -0.15) is 8.99 Å². The van der Waals surface area contributed by atoms with Gasteiger partial charge >= 0.3 is 0 Å². The van der Waals surface area contributed by atoms with Gasteiger partial charge < -0.3 is 9.80 Å². The fourth-order valence-electron chi connectivity index (χ4n) is 4.64. The van der Waals surface area contributed by atoms with E-state index in [-0.39, 0.29) is 10.8 Å². The topological polar surface area (TPSA) is 105 Å². The SMILES string of the molecule is Cc1ccc(S(=O)(=O)N2CCCCC2)cc1C(=O)N1CCN(c2nnnn2-c2ccccc2)CC1. The third kappa shape index (κ3) is 4.65. The maximum atomic E-state index is 13.4. The lowest BCUT2D eigenvalue weighted by atomic mass is 10.1. The normalized spacial score (nSPS) is 17.5. The molecule has 2 aliphatic rings. The second-order valence-electron chi connectivity index (χ2n) is 8.95. The lowest BCUT2D eigenvalue weighted by Crippen LogP contribution is -2.49. The molecule has 2 fully saturated rings. The van der Waals surface area contributed by atoms with Crippen LogP contribution >= 0.6 is 0 Å². The first-order valence-electron chi connectivity index (χ1n) is 11.9. The van der Waals surface area contributed by atoms with E-state index in [1.807, 2.05) is 37.3 Å². The third-order valence-electron chi connectivity index (χ3n) is 6.70. The van der Waals surface area contributed by atoms with Crippen LogP contribution in [0.1, 0.15) is 35.2 Å². The minimum Gasteiger partial charge on any atom is -0.336 e. The van der Waals surface area contributed by atoms with Gasteiger partial charge in [0.05, 0.1) is 10.6 Å². The highest BCUT2D eigenvalue weighted by Gasteiger charge is 2.29. The van der Waals surface area contributed by atoms with Crippen LogP contribution in [0.25, 0.3) is 5.69 Å². The van der Waals surface area contributed by atoms with Crippen molar-refractivity contribution in [1.82, 2.24) is 29.4 Å². The summed E-state index contributed by atoms with van der Waals surface area (Å²) in [5.41, 5.74) is 2.07. The molecule has 0 radical (unpaired) electrons. The van der Waals surface area contributed by atoms with Crippen LogP contribution in [-0.4, -0.2) is 83.0 Å². The number of piperazine rings is 1. The molecule has 10 nitrogen and oxygen atoms in total. The Morgan fingerprint density at radius 3 is 2.31 bits per heavy atom. The number of benzene rings is 2. The number of sulfonamides is 1. The molecule has 2 aromatic carbocycles. The number of aryl methyl sites for hydroxylation is 1. The Morgan fingerprint density at radius 2 is 1.60 bits per heavy atom. The van der Waals surface area contributed by atoms with Crippen molar-refractivity contribution in [2.24, 2.45) is 0 Å². The number of tetrazole rings is 1. The summed E-state index contributed by atoms with van der Waals surface area (Å²) in [7, 11) is -3.61. The molecule has 3 aromatic rings. The van der Waals surface area contributed by atoms with E-state index in [0.717, 1.165) is 30.5 Å². The van der Waals surface area contributed by atoms with Gasteiger partial charge in [0.15, 0.2) is 0 Å². The number of para-hydroxylation sites is 1. The molecule has 1 aromatic heterocycles. The fraction of sp³-hybridized carbons (Fsp3) is 0.417. The number of hydrogen-bond acceptors (Lipinski definition) is 7. The van der Waals surface area contributed by atoms with Gasteiger partial charge in [-0.3, -0.25) is 4.79 Å². The number of carbonyl (C=O) groups excluding carboxylic acids is 1. The van der Waals surface area contributed by atoms with Gasteiger partial charge in [0, 0.05) is 44.8 Å². The Kier molecular flexibility index (Phi) is 6.52. The van der Waals surface area contributed by atoms with Crippen molar-refractivity contribution in [3.63, 3.8) is 0 Å². The van der Waals surface area contributed by atoms with Crippen molar-refractivity contribution < 1.29 is 13.2 Å². The molecule has 184 valence electrons. The van der Waals surface area contributed by atoms with Gasteiger partial charge in [-0.15, -0.1) is 0 Å². The number of aromatic nitrogens is 4. The number of rotatable bonds is 5. The Balaban J connectivity index is 1.31. The van der Waals surface area contributed by atoms with Crippen molar-refractivity contribution in [1.29, 1.82) is 0 Å². The van der Waals surface area contributed by atoms with E-state index in [1.54, 1.807) is 27.8 Å². The lowest BCUT2D eigenvalue weighted by Gasteiger charge is -2.35. The molecule has 0 aliphatic carbocycles. The molecule has 11 heteroatoms. The van der Waals surface area contributed by atoms with Crippen LogP contribution in [0.4, 0.5) is 5.95 Å². The average molecular weight is 496 g/mol. The van der Waals surface area contributed by atoms with Crippen LogP contribution in [0, 0.1) is 6.92 Å². The molecule has 0 unspecified atom stereocenters. The monoisotopic (exact) mass is 495 g/mol. The van der Waals surface area contributed by atoms with Crippen LogP contribution < -0.4 is 4.90 Å². The molecule has 0 saturated carbocycles. The van der Waals surface area contributed by atoms with E-state index in [9.17, 15) is 13.2 Å². The smallest absolute Gasteiger partial charge is 0.254 e. The molecule has 0 spiro atoms. The number of piperidine rings is 1. The van der Waals surface area contributed by atoms with Crippen LogP contribution in [0.3, 0.4) is 0 Å². The molecule has 0 atom stereocenters. The van der Waals surface area contributed by atoms with Gasteiger partial charge in [0.1, 0.15) is 0 Å². The highest BCUT2D eigenvalue weighted by atomic mass is 32.2. The quantitative estimate of drug-likeness (QED) is 0.534. The zero-order valence-electron chi connectivity index (χ0n) is 19.7. The van der Waals surface area contributed by atoms with Gasteiger partial charge in [-0.1, -0.05) is 35.8 Å². The van der Waals surface area contributed by atoms with E-state index in [4.69, 9.17) is 0 Å². The maximum Gasteiger partial charge on any atom is 0.254 e. The van der Waals surface area contributed by atoms with Gasteiger partial charge in [-0.05, 0) is 60.0 Å². The molecule has 0 N–H and O–H groups in total. The van der Waals surface area contributed by atoms with Gasteiger partial charge in [-0.25, -0.2) is 8.42 Å². The van der Waals surface area contributed by atoms with E-state index in [1.165, 1.54) is 4.31 Å². The van der Waals surface area contributed by atoms with Crippen LogP contribution in [-0.2, 0) is 10.0 Å². The second-order valence-corrected chi connectivity index (χ2v) is 10.9. The number of carbonyl (C=O) groups is 1. The number of nitrogens with zero attached hydrogens (tertiary/aromatic N) is 7. The second kappa shape index (κ2) is 9.74. The highest BCUT2D eigenvalue weighted by molar-refractivity contribution is 7.89. The van der Waals surface area contributed by atoms with E-state index < -0.39 is 10.0 Å². The Labute approximate surface area is 205 Å². The van der Waals surface area contributed by atoms with Crippen molar-refractivity contribution in [2.75, 3.05) is 44.2 Å². The first-order valence-corrected chi connectivity index (χ1v) is 13.4. The van der Waals surface area contributed by atoms with Crippen LogP contribution in [0.2, 0.25) is 0 Å². The zero-order valence-corrected chi connectivity index (χ0v) is 20.6. The Morgan fingerprint density at radius 1 is 0.886 bits per heavy atom. The minimum atomic E-state index is -3.61. The summed E-state index contributed by atoms with van der Waals surface area (Å²) in [6.45, 7) is 5.03. The third-order valence-corrected chi connectivity index (χ3v) is 8.59. The molecule has 5 rings (SSSR count). The van der Waals surface area contributed by atoms with Crippen molar-refractivity contribution in [3.8, 4) is 5.69 Å². The highest BCUT2D eigenvalue weighted by Crippen LogP contribution is 2.24. The summed E-state index contributed by atoms with van der Waals surface area (Å²) in [5, 5.41) is 12.2. The standard InChI is InChI=1S/C24H29N7O3S/c1-19-10-11-21(35(33,34)30-12-6-3-7-13-30)18-22(19)23(32)28-14-16-29(17-15-28)24-25-26-27-31(24)20-8-4-2-5-9-20/h2,4-5,8-11,18H,3,6-7,12-17H2,1H3. The van der Waals surface area contributed by atoms with Crippen LogP contribution in [0.15, 0.2) is 53.4 Å². The van der Waals surface area contributed by atoms with Gasteiger partial charge in [0.25, 0.3) is 5.91 Å². The first kappa shape index (κ1) is 23.4. The molecule has 2 aliphatic heterocycles. The molecule has 35 heavy (non-hydrogen) atoms. The van der Waals surface area contributed by atoms with Crippen molar-refractivity contribution in [3.05, 3.63) is 59.7 Å². The summed E-state index contributed by atoms with van der Waals surface area (Å²) in [4.78, 5) is 17.4. The number of amides is 1. The van der Waals surface area contributed by atoms with Crippen LogP contribution in [0.5, 0.6) is 0 Å². The van der Waals surface area contributed by atoms with E-state index >= 15 is 0 Å². The predicted octanol–water partition coefficient (Wildman–Crippen LogP) is 2.11. The molecule has 2 saturated heterocycles.